The highest BCUT2D eigenvalue weighted by molar-refractivity contribution is 5.91. The second-order valence-electron chi connectivity index (χ2n) is 5.54. The van der Waals surface area contributed by atoms with Gasteiger partial charge in [-0.15, -0.1) is 5.10 Å². The van der Waals surface area contributed by atoms with Crippen molar-refractivity contribution in [3.05, 3.63) is 59.7 Å². The molecule has 3 aromatic rings. The van der Waals surface area contributed by atoms with Crippen LogP contribution in [0.2, 0.25) is 0 Å². The fraction of sp³-hybridized carbons (Fsp3) is 0.294. The number of aryl methyl sites for hydroxylation is 1. The number of aromatic nitrogens is 4. The minimum atomic E-state index is -0.355. The van der Waals surface area contributed by atoms with Crippen molar-refractivity contribution in [2.45, 2.75) is 25.8 Å². The third-order valence-electron chi connectivity index (χ3n) is 3.79. The summed E-state index contributed by atoms with van der Waals surface area (Å²) in [5.74, 6) is 0.125. The Morgan fingerprint density at radius 2 is 2.08 bits per heavy atom. The third-order valence-corrected chi connectivity index (χ3v) is 3.79. The molecule has 2 aromatic heterocycles. The van der Waals surface area contributed by atoms with Crippen molar-refractivity contribution in [2.24, 2.45) is 0 Å². The molecule has 0 fully saturated rings. The Bertz CT molecular complexity index is 831. The van der Waals surface area contributed by atoms with Crippen molar-refractivity contribution in [3.8, 4) is 0 Å². The lowest BCUT2D eigenvalue weighted by Gasteiger charge is -2.18. The van der Waals surface area contributed by atoms with Crippen LogP contribution < -0.4 is 5.32 Å². The first kappa shape index (κ1) is 16.1. The first-order valence-corrected chi connectivity index (χ1v) is 7.84. The molecule has 2 heterocycles. The molecule has 7 heteroatoms. The molecule has 7 nitrogen and oxygen atoms in total. The number of nitrogens with one attached hydrogen (secondary N) is 1. The average Bonchev–Trinajstić information content (AvgIpc) is 3.05. The number of carbonyl (C=O) groups excluding carboxylic acids is 1. The van der Waals surface area contributed by atoms with Gasteiger partial charge in [-0.1, -0.05) is 30.3 Å². The van der Waals surface area contributed by atoms with E-state index < -0.39 is 0 Å². The van der Waals surface area contributed by atoms with Crippen LogP contribution in [-0.4, -0.2) is 37.2 Å². The Morgan fingerprint density at radius 3 is 2.79 bits per heavy atom. The van der Waals surface area contributed by atoms with Gasteiger partial charge in [-0.3, -0.25) is 4.79 Å². The molecule has 24 heavy (non-hydrogen) atoms. The predicted molar refractivity (Wildman–Crippen MR) is 88.5 cm³/mol. The Morgan fingerprint density at radius 1 is 1.29 bits per heavy atom. The topological polar surface area (TPSA) is 92.4 Å². The lowest BCUT2D eigenvalue weighted by molar-refractivity contribution is 0.0922. The van der Waals surface area contributed by atoms with E-state index in [9.17, 15) is 4.79 Å². The number of carbonyl (C=O) groups is 1. The SMILES string of the molecule is Cc1ccnc2nc(C(=O)NC(CCCO)c3ccccc3)nn12. The van der Waals surface area contributed by atoms with Gasteiger partial charge in [-0.25, -0.2) is 9.50 Å². The Kier molecular flexibility index (Phi) is 4.81. The second kappa shape index (κ2) is 7.18. The summed E-state index contributed by atoms with van der Waals surface area (Å²) in [6, 6.07) is 11.3. The molecule has 2 N–H and O–H groups in total. The number of amides is 1. The van der Waals surface area contributed by atoms with Crippen molar-refractivity contribution in [3.63, 3.8) is 0 Å². The van der Waals surface area contributed by atoms with Gasteiger partial charge in [0.05, 0.1) is 6.04 Å². The van der Waals surface area contributed by atoms with Crippen molar-refractivity contribution in [2.75, 3.05) is 6.61 Å². The number of benzene rings is 1. The summed E-state index contributed by atoms with van der Waals surface area (Å²) in [6.07, 6.45) is 2.87. The minimum Gasteiger partial charge on any atom is -0.396 e. The van der Waals surface area contributed by atoms with Crippen LogP contribution in [0.25, 0.3) is 5.78 Å². The fourth-order valence-corrected chi connectivity index (χ4v) is 2.53. The molecule has 1 unspecified atom stereocenters. The molecule has 0 saturated carbocycles. The van der Waals surface area contributed by atoms with E-state index in [-0.39, 0.29) is 24.4 Å². The maximum absolute atomic E-state index is 12.5. The van der Waals surface area contributed by atoms with E-state index in [0.29, 0.717) is 18.6 Å². The Hall–Kier alpha value is -2.80. The van der Waals surface area contributed by atoms with Gasteiger partial charge in [0.15, 0.2) is 0 Å². The molecule has 124 valence electrons. The number of hydrogen-bond donors (Lipinski definition) is 2. The number of nitrogens with zero attached hydrogens (tertiary/aromatic N) is 4. The van der Waals surface area contributed by atoms with Gasteiger partial charge < -0.3 is 10.4 Å². The molecular formula is C17H19N5O2. The van der Waals surface area contributed by atoms with Gasteiger partial charge in [-0.05, 0) is 31.4 Å². The molecule has 0 aliphatic carbocycles. The summed E-state index contributed by atoms with van der Waals surface area (Å²) >= 11 is 0. The van der Waals surface area contributed by atoms with E-state index in [1.165, 1.54) is 0 Å². The fourth-order valence-electron chi connectivity index (χ4n) is 2.53. The summed E-state index contributed by atoms with van der Waals surface area (Å²) in [4.78, 5) is 20.8. The highest BCUT2D eigenvalue weighted by atomic mass is 16.3. The van der Waals surface area contributed by atoms with Gasteiger partial charge in [0.2, 0.25) is 5.82 Å². The van der Waals surface area contributed by atoms with Crippen LogP contribution in [0.3, 0.4) is 0 Å². The zero-order valence-electron chi connectivity index (χ0n) is 13.4. The highest BCUT2D eigenvalue weighted by Gasteiger charge is 2.19. The summed E-state index contributed by atoms with van der Waals surface area (Å²) in [5.41, 5.74) is 1.84. The lowest BCUT2D eigenvalue weighted by atomic mass is 10.0. The predicted octanol–water partition coefficient (Wildman–Crippen LogP) is 1.68. The molecule has 0 saturated heterocycles. The number of aliphatic hydroxyl groups excluding tert-OH is 1. The number of aliphatic hydroxyl groups is 1. The van der Waals surface area contributed by atoms with Crippen molar-refractivity contribution in [1.29, 1.82) is 0 Å². The standard InChI is InChI=1S/C17H19N5O2/c1-12-9-10-18-17-20-15(21-22(12)17)16(24)19-14(8-5-11-23)13-6-3-2-4-7-13/h2-4,6-7,9-10,14,23H,5,8,11H2,1H3,(H,19,24). The van der Waals surface area contributed by atoms with E-state index >= 15 is 0 Å². The lowest BCUT2D eigenvalue weighted by Crippen LogP contribution is -2.29. The first-order valence-electron chi connectivity index (χ1n) is 7.84. The smallest absolute Gasteiger partial charge is 0.291 e. The van der Waals surface area contributed by atoms with Crippen LogP contribution in [0.4, 0.5) is 0 Å². The number of rotatable bonds is 6. The van der Waals surface area contributed by atoms with Crippen LogP contribution in [0.5, 0.6) is 0 Å². The van der Waals surface area contributed by atoms with Gasteiger partial charge >= 0.3 is 0 Å². The minimum absolute atomic E-state index is 0.0783. The summed E-state index contributed by atoms with van der Waals surface area (Å²) in [5, 5.41) is 16.3. The van der Waals surface area contributed by atoms with E-state index in [4.69, 9.17) is 5.11 Å². The van der Waals surface area contributed by atoms with Gasteiger partial charge in [0.25, 0.3) is 11.7 Å². The van der Waals surface area contributed by atoms with E-state index in [0.717, 1.165) is 11.3 Å². The molecule has 0 bridgehead atoms. The van der Waals surface area contributed by atoms with E-state index in [2.05, 4.69) is 20.4 Å². The van der Waals surface area contributed by atoms with Gasteiger partial charge in [-0.2, -0.15) is 4.98 Å². The largest absolute Gasteiger partial charge is 0.396 e. The summed E-state index contributed by atoms with van der Waals surface area (Å²) in [7, 11) is 0. The zero-order valence-corrected chi connectivity index (χ0v) is 13.4. The first-order chi connectivity index (χ1) is 11.7. The highest BCUT2D eigenvalue weighted by Crippen LogP contribution is 2.18. The Balaban J connectivity index is 1.82. The number of fused-ring (bicyclic) bond motifs is 1. The molecule has 1 atom stereocenters. The molecule has 0 spiro atoms. The zero-order chi connectivity index (χ0) is 16.9. The molecule has 1 aromatic carbocycles. The van der Waals surface area contributed by atoms with Crippen molar-refractivity contribution < 1.29 is 9.90 Å². The molecular weight excluding hydrogens is 306 g/mol. The van der Waals surface area contributed by atoms with Crippen LogP contribution in [0.15, 0.2) is 42.6 Å². The average molecular weight is 325 g/mol. The van der Waals surface area contributed by atoms with Gasteiger partial charge in [0.1, 0.15) is 0 Å². The maximum Gasteiger partial charge on any atom is 0.291 e. The molecule has 0 aliphatic heterocycles. The molecule has 3 rings (SSSR count). The van der Waals surface area contributed by atoms with Crippen LogP contribution in [0.1, 0.15) is 40.8 Å². The van der Waals surface area contributed by atoms with E-state index in [1.807, 2.05) is 37.3 Å². The number of hydrogen-bond acceptors (Lipinski definition) is 5. The molecule has 0 radical (unpaired) electrons. The van der Waals surface area contributed by atoms with E-state index in [1.54, 1.807) is 16.8 Å². The molecule has 0 aliphatic rings. The second-order valence-corrected chi connectivity index (χ2v) is 5.54. The molecule has 1 amide bonds. The van der Waals surface area contributed by atoms with Crippen LogP contribution >= 0.6 is 0 Å². The summed E-state index contributed by atoms with van der Waals surface area (Å²) in [6.45, 7) is 1.95. The normalized spacial score (nSPS) is 12.2. The summed E-state index contributed by atoms with van der Waals surface area (Å²) < 4.78 is 1.54. The van der Waals surface area contributed by atoms with Crippen molar-refractivity contribution >= 4 is 11.7 Å². The monoisotopic (exact) mass is 325 g/mol. The maximum atomic E-state index is 12.5. The van der Waals surface area contributed by atoms with Crippen molar-refractivity contribution in [1.82, 2.24) is 24.9 Å². The Labute approximate surface area is 139 Å². The van der Waals surface area contributed by atoms with Crippen LogP contribution in [0, 0.1) is 6.92 Å². The van der Waals surface area contributed by atoms with Crippen LogP contribution in [-0.2, 0) is 0 Å². The van der Waals surface area contributed by atoms with Gasteiger partial charge in [0, 0.05) is 18.5 Å². The quantitative estimate of drug-likeness (QED) is 0.719. The third kappa shape index (κ3) is 3.41.